The van der Waals surface area contributed by atoms with Crippen molar-refractivity contribution in [3.05, 3.63) is 45.7 Å². The van der Waals surface area contributed by atoms with Crippen molar-refractivity contribution < 1.29 is 0 Å². The number of benzene rings is 1. The van der Waals surface area contributed by atoms with Gasteiger partial charge in [0.2, 0.25) is 0 Å². The number of hydrogen-bond donors (Lipinski definition) is 1. The van der Waals surface area contributed by atoms with Gasteiger partial charge in [0.15, 0.2) is 0 Å². The van der Waals surface area contributed by atoms with Gasteiger partial charge in [-0.2, -0.15) is 5.10 Å². The van der Waals surface area contributed by atoms with Crippen LogP contribution in [0.5, 0.6) is 0 Å². The molecule has 0 aliphatic heterocycles. The zero-order valence-electron chi connectivity index (χ0n) is 11.2. The zero-order chi connectivity index (χ0) is 13.3. The van der Waals surface area contributed by atoms with Gasteiger partial charge in [-0.05, 0) is 48.3 Å². The van der Waals surface area contributed by atoms with Crippen LogP contribution in [0.4, 0.5) is 5.69 Å². The normalized spacial score (nSPS) is 12.5. The SMILES string of the molecule is Cc1cccc(NC(C)c2cn(C)nc2C)c1Br. The highest BCUT2D eigenvalue weighted by Crippen LogP contribution is 2.29. The lowest BCUT2D eigenvalue weighted by Crippen LogP contribution is -2.07. The summed E-state index contributed by atoms with van der Waals surface area (Å²) in [5, 5.41) is 7.90. The maximum absolute atomic E-state index is 4.38. The second kappa shape index (κ2) is 5.14. The first-order valence-electron chi connectivity index (χ1n) is 6.01. The number of nitrogens with zero attached hydrogens (tertiary/aromatic N) is 2. The molecule has 1 N–H and O–H groups in total. The summed E-state index contributed by atoms with van der Waals surface area (Å²) >= 11 is 3.62. The molecule has 0 aliphatic rings. The van der Waals surface area contributed by atoms with Crippen LogP contribution in [0.2, 0.25) is 0 Å². The van der Waals surface area contributed by atoms with E-state index in [2.05, 4.69) is 64.6 Å². The van der Waals surface area contributed by atoms with Gasteiger partial charge in [-0.1, -0.05) is 12.1 Å². The largest absolute Gasteiger partial charge is 0.377 e. The number of hydrogen-bond acceptors (Lipinski definition) is 2. The van der Waals surface area contributed by atoms with Gasteiger partial charge in [0.1, 0.15) is 0 Å². The lowest BCUT2D eigenvalue weighted by atomic mass is 10.1. The molecule has 0 bridgehead atoms. The molecular formula is C14H18BrN3. The van der Waals surface area contributed by atoms with Crippen LogP contribution in [0.15, 0.2) is 28.9 Å². The molecule has 96 valence electrons. The monoisotopic (exact) mass is 307 g/mol. The Morgan fingerprint density at radius 2 is 2.06 bits per heavy atom. The van der Waals surface area contributed by atoms with E-state index in [0.29, 0.717) is 0 Å². The number of aromatic nitrogens is 2. The van der Waals surface area contributed by atoms with Crippen molar-refractivity contribution in [1.29, 1.82) is 0 Å². The quantitative estimate of drug-likeness (QED) is 0.929. The van der Waals surface area contributed by atoms with E-state index in [9.17, 15) is 0 Å². The van der Waals surface area contributed by atoms with E-state index in [1.165, 1.54) is 11.1 Å². The van der Waals surface area contributed by atoms with E-state index in [4.69, 9.17) is 0 Å². The molecule has 0 fully saturated rings. The van der Waals surface area contributed by atoms with Gasteiger partial charge in [0.05, 0.1) is 11.7 Å². The average molecular weight is 308 g/mol. The van der Waals surface area contributed by atoms with Crippen molar-refractivity contribution in [2.24, 2.45) is 7.05 Å². The minimum Gasteiger partial charge on any atom is -0.377 e. The summed E-state index contributed by atoms with van der Waals surface area (Å²) in [7, 11) is 1.95. The first-order valence-corrected chi connectivity index (χ1v) is 6.80. The average Bonchev–Trinajstić information content (AvgIpc) is 2.64. The van der Waals surface area contributed by atoms with Crippen molar-refractivity contribution in [3.8, 4) is 0 Å². The van der Waals surface area contributed by atoms with Crippen LogP contribution in [0, 0.1) is 13.8 Å². The van der Waals surface area contributed by atoms with Crippen LogP contribution in [0.25, 0.3) is 0 Å². The molecule has 2 rings (SSSR count). The van der Waals surface area contributed by atoms with Crippen LogP contribution in [0.1, 0.15) is 29.8 Å². The summed E-state index contributed by atoms with van der Waals surface area (Å²) in [5.41, 5.74) is 4.65. The summed E-state index contributed by atoms with van der Waals surface area (Å²) < 4.78 is 2.98. The fourth-order valence-electron chi connectivity index (χ4n) is 2.11. The van der Waals surface area contributed by atoms with Crippen LogP contribution in [-0.4, -0.2) is 9.78 Å². The number of anilines is 1. The van der Waals surface area contributed by atoms with Gasteiger partial charge >= 0.3 is 0 Å². The molecule has 0 aliphatic carbocycles. The van der Waals surface area contributed by atoms with Gasteiger partial charge < -0.3 is 5.32 Å². The third-order valence-corrected chi connectivity index (χ3v) is 4.13. The van der Waals surface area contributed by atoms with E-state index in [-0.39, 0.29) is 6.04 Å². The van der Waals surface area contributed by atoms with E-state index < -0.39 is 0 Å². The number of halogens is 1. The molecule has 2 aromatic rings. The molecule has 4 heteroatoms. The molecular weight excluding hydrogens is 290 g/mol. The Morgan fingerprint density at radius 1 is 1.33 bits per heavy atom. The van der Waals surface area contributed by atoms with Crippen molar-refractivity contribution >= 4 is 21.6 Å². The Labute approximate surface area is 116 Å². The molecule has 0 spiro atoms. The van der Waals surface area contributed by atoms with Crippen LogP contribution < -0.4 is 5.32 Å². The maximum Gasteiger partial charge on any atom is 0.0646 e. The second-order valence-electron chi connectivity index (χ2n) is 4.65. The van der Waals surface area contributed by atoms with Crippen molar-refractivity contribution in [3.63, 3.8) is 0 Å². The molecule has 18 heavy (non-hydrogen) atoms. The maximum atomic E-state index is 4.38. The van der Waals surface area contributed by atoms with E-state index in [1.54, 1.807) is 0 Å². The van der Waals surface area contributed by atoms with Crippen LogP contribution >= 0.6 is 15.9 Å². The van der Waals surface area contributed by atoms with Crippen molar-refractivity contribution in [2.75, 3.05) is 5.32 Å². The van der Waals surface area contributed by atoms with Crippen molar-refractivity contribution in [1.82, 2.24) is 9.78 Å². The second-order valence-corrected chi connectivity index (χ2v) is 5.44. The molecule has 1 heterocycles. The smallest absolute Gasteiger partial charge is 0.0646 e. The van der Waals surface area contributed by atoms with Crippen molar-refractivity contribution in [2.45, 2.75) is 26.8 Å². The van der Waals surface area contributed by atoms with Gasteiger partial charge in [0.25, 0.3) is 0 Å². The molecule has 0 saturated heterocycles. The lowest BCUT2D eigenvalue weighted by molar-refractivity contribution is 0.756. The number of rotatable bonds is 3. The highest BCUT2D eigenvalue weighted by molar-refractivity contribution is 9.10. The Kier molecular flexibility index (Phi) is 3.76. The third kappa shape index (κ3) is 2.58. The van der Waals surface area contributed by atoms with Gasteiger partial charge in [-0.3, -0.25) is 4.68 Å². The summed E-state index contributed by atoms with van der Waals surface area (Å²) in [6, 6.07) is 6.47. The van der Waals surface area contributed by atoms with Crippen LogP contribution in [0.3, 0.4) is 0 Å². The highest BCUT2D eigenvalue weighted by atomic mass is 79.9. The zero-order valence-corrected chi connectivity index (χ0v) is 12.7. The molecule has 0 amide bonds. The first-order chi connectivity index (χ1) is 8.49. The Morgan fingerprint density at radius 3 is 2.67 bits per heavy atom. The minimum atomic E-state index is 0.233. The molecule has 1 aromatic carbocycles. The lowest BCUT2D eigenvalue weighted by Gasteiger charge is -2.16. The molecule has 1 aromatic heterocycles. The highest BCUT2D eigenvalue weighted by Gasteiger charge is 2.13. The minimum absolute atomic E-state index is 0.233. The molecule has 1 atom stereocenters. The summed E-state index contributed by atoms with van der Waals surface area (Å²) in [6.45, 7) is 6.28. The standard InChI is InChI=1S/C14H18BrN3/c1-9-6-5-7-13(14(9)15)16-10(2)12-8-18(4)17-11(12)3/h5-8,10,16H,1-4H3. The topological polar surface area (TPSA) is 29.9 Å². The predicted octanol–water partition coefficient (Wildman–Crippen LogP) is 3.97. The van der Waals surface area contributed by atoms with Gasteiger partial charge in [-0.25, -0.2) is 0 Å². The van der Waals surface area contributed by atoms with E-state index >= 15 is 0 Å². The van der Waals surface area contributed by atoms with E-state index in [1.807, 2.05) is 18.7 Å². The molecule has 3 nitrogen and oxygen atoms in total. The summed E-state index contributed by atoms with van der Waals surface area (Å²) in [4.78, 5) is 0. The third-order valence-electron chi connectivity index (χ3n) is 3.08. The summed E-state index contributed by atoms with van der Waals surface area (Å²) in [5.74, 6) is 0. The predicted molar refractivity (Wildman–Crippen MR) is 78.9 cm³/mol. The number of aryl methyl sites for hydroxylation is 3. The fraction of sp³-hybridized carbons (Fsp3) is 0.357. The molecule has 0 saturated carbocycles. The fourth-order valence-corrected chi connectivity index (χ4v) is 2.49. The summed E-state index contributed by atoms with van der Waals surface area (Å²) in [6.07, 6.45) is 2.07. The molecule has 1 unspecified atom stereocenters. The number of nitrogens with one attached hydrogen (secondary N) is 1. The van der Waals surface area contributed by atoms with E-state index in [0.717, 1.165) is 15.9 Å². The Hall–Kier alpha value is -1.29. The van der Waals surface area contributed by atoms with Gasteiger partial charge in [0, 0.05) is 29.0 Å². The molecule has 0 radical (unpaired) electrons. The van der Waals surface area contributed by atoms with Crippen LogP contribution in [-0.2, 0) is 7.05 Å². The van der Waals surface area contributed by atoms with Gasteiger partial charge in [-0.15, -0.1) is 0 Å². The first kappa shape index (κ1) is 13.1. The Bertz CT molecular complexity index is 560. The Balaban J connectivity index is 2.24.